The van der Waals surface area contributed by atoms with Crippen molar-refractivity contribution < 1.29 is 32.6 Å². The Morgan fingerprint density at radius 2 is 2.15 bits per heavy atom. The molecule has 0 saturated carbocycles. The Morgan fingerprint density at radius 1 is 1.38 bits per heavy atom. The average molecular weight is 372 g/mol. The maximum absolute atomic E-state index is 12.8. The summed E-state index contributed by atoms with van der Waals surface area (Å²) in [5.74, 6) is -2.16. The van der Waals surface area contributed by atoms with Crippen molar-refractivity contribution in [2.45, 2.75) is 31.5 Å². The fourth-order valence-corrected chi connectivity index (χ4v) is 3.71. The Balaban J connectivity index is 1.77. The van der Waals surface area contributed by atoms with Gasteiger partial charge in [-0.2, -0.15) is 13.2 Å². The molecule has 1 aromatic rings. The number of piperidine rings is 1. The molecule has 0 radical (unpaired) electrons. The zero-order chi connectivity index (χ0) is 18.9. The second-order valence-corrected chi connectivity index (χ2v) is 6.72. The van der Waals surface area contributed by atoms with Crippen LogP contribution in [0, 0.1) is 11.8 Å². The fourth-order valence-electron chi connectivity index (χ4n) is 3.71. The molecule has 1 aromatic heterocycles. The van der Waals surface area contributed by atoms with Crippen LogP contribution in [0.3, 0.4) is 0 Å². The van der Waals surface area contributed by atoms with Crippen LogP contribution < -0.4 is 0 Å². The van der Waals surface area contributed by atoms with Crippen molar-refractivity contribution in [1.82, 2.24) is 9.88 Å². The van der Waals surface area contributed by atoms with Crippen molar-refractivity contribution >= 4 is 11.9 Å². The monoisotopic (exact) mass is 372 g/mol. The number of rotatable bonds is 3. The van der Waals surface area contributed by atoms with Crippen LogP contribution in [0.15, 0.2) is 18.3 Å². The highest BCUT2D eigenvalue weighted by Crippen LogP contribution is 2.33. The van der Waals surface area contributed by atoms with Crippen molar-refractivity contribution in [3.05, 3.63) is 29.6 Å². The summed E-state index contributed by atoms with van der Waals surface area (Å²) in [4.78, 5) is 29.5. The molecule has 1 amide bonds. The molecule has 9 heteroatoms. The zero-order valence-corrected chi connectivity index (χ0v) is 13.9. The Morgan fingerprint density at radius 3 is 2.85 bits per heavy atom. The van der Waals surface area contributed by atoms with Crippen molar-refractivity contribution in [2.75, 3.05) is 19.8 Å². The molecule has 26 heavy (non-hydrogen) atoms. The fraction of sp³-hybridized carbons (Fsp3) is 0.588. The van der Waals surface area contributed by atoms with Crippen LogP contribution in [-0.2, 0) is 26.9 Å². The lowest BCUT2D eigenvalue weighted by atomic mass is 9.81. The summed E-state index contributed by atoms with van der Waals surface area (Å²) < 4.78 is 43.9. The highest BCUT2D eigenvalue weighted by Gasteiger charge is 2.42. The summed E-state index contributed by atoms with van der Waals surface area (Å²) in [6.45, 7) is 0.929. The van der Waals surface area contributed by atoms with E-state index in [1.807, 2.05) is 0 Å². The van der Waals surface area contributed by atoms with E-state index in [-0.39, 0.29) is 30.6 Å². The van der Waals surface area contributed by atoms with Gasteiger partial charge in [-0.3, -0.25) is 14.6 Å². The minimum Gasteiger partial charge on any atom is -0.481 e. The van der Waals surface area contributed by atoms with Crippen LogP contribution in [0.4, 0.5) is 13.2 Å². The van der Waals surface area contributed by atoms with Gasteiger partial charge in [0.1, 0.15) is 0 Å². The molecule has 3 rings (SSSR count). The van der Waals surface area contributed by atoms with E-state index in [9.17, 15) is 27.9 Å². The van der Waals surface area contributed by atoms with Gasteiger partial charge in [0.05, 0.1) is 30.2 Å². The third-order valence-electron chi connectivity index (χ3n) is 4.98. The molecule has 0 unspecified atom stereocenters. The lowest BCUT2D eigenvalue weighted by Crippen LogP contribution is -2.56. The first-order valence-corrected chi connectivity index (χ1v) is 8.38. The molecular formula is C17H19F3N2O4. The number of alkyl halides is 3. The number of amides is 1. The number of carbonyl (C=O) groups is 2. The van der Waals surface area contributed by atoms with E-state index in [4.69, 9.17) is 4.74 Å². The lowest BCUT2D eigenvalue weighted by Gasteiger charge is -2.45. The van der Waals surface area contributed by atoms with E-state index in [2.05, 4.69) is 4.98 Å². The molecule has 6 nitrogen and oxygen atoms in total. The number of aliphatic carboxylic acids is 1. The van der Waals surface area contributed by atoms with Crippen LogP contribution in [0.1, 0.15) is 24.1 Å². The van der Waals surface area contributed by atoms with Crippen molar-refractivity contribution in [3.8, 4) is 0 Å². The summed E-state index contributed by atoms with van der Waals surface area (Å²) >= 11 is 0. The highest BCUT2D eigenvalue weighted by molar-refractivity contribution is 5.80. The van der Waals surface area contributed by atoms with Crippen LogP contribution in [0.25, 0.3) is 0 Å². The smallest absolute Gasteiger partial charge is 0.416 e. The Kier molecular flexibility index (Phi) is 5.17. The van der Waals surface area contributed by atoms with E-state index in [1.54, 1.807) is 0 Å². The lowest BCUT2D eigenvalue weighted by molar-refractivity contribution is -0.153. The van der Waals surface area contributed by atoms with Gasteiger partial charge in [-0.25, -0.2) is 0 Å². The molecule has 1 N–H and O–H groups in total. The van der Waals surface area contributed by atoms with E-state index in [1.165, 1.54) is 4.90 Å². The first-order chi connectivity index (χ1) is 12.3. The molecule has 0 aromatic carbocycles. The molecular weight excluding hydrogens is 353 g/mol. The van der Waals surface area contributed by atoms with Gasteiger partial charge in [0.15, 0.2) is 0 Å². The van der Waals surface area contributed by atoms with E-state index in [0.29, 0.717) is 26.1 Å². The van der Waals surface area contributed by atoms with Gasteiger partial charge < -0.3 is 14.7 Å². The molecule has 2 aliphatic heterocycles. The predicted octanol–water partition coefficient (Wildman–Crippen LogP) is 1.98. The van der Waals surface area contributed by atoms with Gasteiger partial charge >= 0.3 is 12.1 Å². The third-order valence-corrected chi connectivity index (χ3v) is 4.98. The third kappa shape index (κ3) is 3.98. The van der Waals surface area contributed by atoms with E-state index >= 15 is 0 Å². The highest BCUT2D eigenvalue weighted by atomic mass is 19.4. The number of fused-ring (bicyclic) bond motifs is 1. The summed E-state index contributed by atoms with van der Waals surface area (Å²) in [7, 11) is 0. The van der Waals surface area contributed by atoms with Crippen LogP contribution in [0.2, 0.25) is 0 Å². The normalized spacial score (nSPS) is 26.3. The van der Waals surface area contributed by atoms with E-state index in [0.717, 1.165) is 18.3 Å². The Hall–Kier alpha value is -2.16. The van der Waals surface area contributed by atoms with Crippen LogP contribution >= 0.6 is 0 Å². The molecule has 142 valence electrons. The summed E-state index contributed by atoms with van der Waals surface area (Å²) in [6, 6.07) is 1.57. The number of carbonyl (C=O) groups excluding carboxylic acids is 1. The molecule has 0 spiro atoms. The van der Waals surface area contributed by atoms with Gasteiger partial charge in [-0.1, -0.05) is 0 Å². The standard InChI is InChI=1S/C17H19F3N2O4/c18-17(19,20)12-1-3-21-13(6-12)7-15(23)22-8-10(16(24)25)5-11-9-26-4-2-14(11)22/h1,3,6,10-11,14H,2,4-5,7-9H2,(H,24,25)/t10-,11-,14-/m1/s1. The summed E-state index contributed by atoms with van der Waals surface area (Å²) in [5, 5.41) is 9.33. The van der Waals surface area contributed by atoms with Crippen molar-refractivity contribution in [1.29, 1.82) is 0 Å². The number of aromatic nitrogens is 1. The molecule has 3 heterocycles. The maximum atomic E-state index is 12.8. The second-order valence-electron chi connectivity index (χ2n) is 6.72. The first kappa shape index (κ1) is 18.6. The largest absolute Gasteiger partial charge is 0.481 e. The topological polar surface area (TPSA) is 79.7 Å². The summed E-state index contributed by atoms with van der Waals surface area (Å²) in [6.07, 6.45) is -2.74. The summed E-state index contributed by atoms with van der Waals surface area (Å²) in [5.41, 5.74) is -0.841. The number of hydrogen-bond donors (Lipinski definition) is 1. The average Bonchev–Trinajstić information content (AvgIpc) is 2.60. The number of nitrogens with zero attached hydrogens (tertiary/aromatic N) is 2. The van der Waals surface area contributed by atoms with Gasteiger partial charge in [-0.05, 0) is 25.0 Å². The quantitative estimate of drug-likeness (QED) is 0.878. The molecule has 2 fully saturated rings. The van der Waals surface area contributed by atoms with Crippen LogP contribution in [-0.4, -0.2) is 52.7 Å². The van der Waals surface area contributed by atoms with Gasteiger partial charge in [0.25, 0.3) is 0 Å². The van der Waals surface area contributed by atoms with E-state index < -0.39 is 29.5 Å². The maximum Gasteiger partial charge on any atom is 0.416 e. The molecule has 2 saturated heterocycles. The Labute approximate surface area is 148 Å². The van der Waals surface area contributed by atoms with Crippen LogP contribution in [0.5, 0.6) is 0 Å². The van der Waals surface area contributed by atoms with Gasteiger partial charge in [0.2, 0.25) is 5.91 Å². The number of carboxylic acids is 1. The number of hydrogen-bond acceptors (Lipinski definition) is 4. The minimum atomic E-state index is -4.51. The van der Waals surface area contributed by atoms with Crippen molar-refractivity contribution in [2.24, 2.45) is 11.8 Å². The Bertz CT molecular complexity index is 695. The number of pyridine rings is 1. The number of carboxylic acid groups (broad SMARTS) is 1. The number of halogens is 3. The number of ether oxygens (including phenoxy) is 1. The van der Waals surface area contributed by atoms with Gasteiger partial charge in [0, 0.05) is 31.3 Å². The molecule has 2 aliphatic rings. The molecule has 0 bridgehead atoms. The van der Waals surface area contributed by atoms with Crippen molar-refractivity contribution in [3.63, 3.8) is 0 Å². The molecule has 3 atom stereocenters. The number of likely N-dealkylation sites (tertiary alicyclic amines) is 1. The second kappa shape index (κ2) is 7.22. The SMILES string of the molecule is O=C(O)[C@@H]1C[C@@H]2COCC[C@H]2N(C(=O)Cc2cc(C(F)(F)F)ccn2)C1. The minimum absolute atomic E-state index is 0.0193. The first-order valence-electron chi connectivity index (χ1n) is 8.38. The molecule has 0 aliphatic carbocycles. The predicted molar refractivity (Wildman–Crippen MR) is 83.1 cm³/mol. The zero-order valence-electron chi connectivity index (χ0n) is 13.9. The van der Waals surface area contributed by atoms with Gasteiger partial charge in [-0.15, -0.1) is 0 Å².